The number of halogens is 3. The fourth-order valence-corrected chi connectivity index (χ4v) is 1.59. The van der Waals surface area contributed by atoms with Crippen molar-refractivity contribution in [1.82, 2.24) is 0 Å². The highest BCUT2D eigenvalue weighted by Gasteiger charge is 2.33. The molecule has 0 radical (unpaired) electrons. The van der Waals surface area contributed by atoms with Crippen LogP contribution in [0, 0.1) is 0 Å². The summed E-state index contributed by atoms with van der Waals surface area (Å²) >= 11 is 4.24. The largest absolute Gasteiger partial charge is 0.416 e. The van der Waals surface area contributed by atoms with Gasteiger partial charge in [-0.25, -0.2) is 0 Å². The van der Waals surface area contributed by atoms with E-state index in [9.17, 15) is 13.2 Å². The molecule has 0 unspecified atom stereocenters. The van der Waals surface area contributed by atoms with Crippen molar-refractivity contribution in [2.24, 2.45) is 0 Å². The Morgan fingerprint density at radius 2 is 1.67 bits per heavy atom. The molecule has 0 nitrogen and oxygen atoms in total. The van der Waals surface area contributed by atoms with Crippen LogP contribution in [0.3, 0.4) is 0 Å². The van der Waals surface area contributed by atoms with Crippen molar-refractivity contribution in [3.63, 3.8) is 0 Å². The van der Waals surface area contributed by atoms with Crippen molar-refractivity contribution in [3.05, 3.63) is 35.4 Å². The fourth-order valence-electron chi connectivity index (χ4n) is 1.42. The van der Waals surface area contributed by atoms with Gasteiger partial charge in [-0.2, -0.15) is 25.8 Å². The third kappa shape index (κ3) is 3.78. The summed E-state index contributed by atoms with van der Waals surface area (Å²) < 4.78 is 37.4. The number of benzene rings is 1. The van der Waals surface area contributed by atoms with Gasteiger partial charge in [0.2, 0.25) is 0 Å². The molecule has 0 spiro atoms. The summed E-state index contributed by atoms with van der Waals surface area (Å²) in [5.74, 6) is 0. The lowest BCUT2D eigenvalue weighted by atomic mass is 9.97. The molecule has 15 heavy (non-hydrogen) atoms. The molecule has 0 bridgehead atoms. The Kier molecular flexibility index (Phi) is 3.38. The van der Waals surface area contributed by atoms with Crippen LogP contribution in [0.2, 0.25) is 0 Å². The molecule has 0 heterocycles. The van der Waals surface area contributed by atoms with Crippen molar-refractivity contribution in [3.8, 4) is 0 Å². The summed E-state index contributed by atoms with van der Waals surface area (Å²) in [5.41, 5.74) is -0.267. The molecule has 1 aromatic rings. The summed E-state index contributed by atoms with van der Waals surface area (Å²) in [7, 11) is 0. The Morgan fingerprint density at radius 1 is 1.13 bits per heavy atom. The second-order valence-corrected chi connectivity index (χ2v) is 5.35. The molecule has 0 N–H and O–H groups in total. The van der Waals surface area contributed by atoms with E-state index in [1.165, 1.54) is 12.1 Å². The first kappa shape index (κ1) is 12.4. The van der Waals surface area contributed by atoms with E-state index in [-0.39, 0.29) is 0 Å². The number of rotatable bonds is 2. The van der Waals surface area contributed by atoms with Crippen molar-refractivity contribution >= 4 is 12.6 Å². The maximum atomic E-state index is 12.6. The van der Waals surface area contributed by atoms with Crippen molar-refractivity contribution in [2.45, 2.75) is 31.2 Å². The van der Waals surface area contributed by atoms with Gasteiger partial charge in [0.15, 0.2) is 0 Å². The lowest BCUT2D eigenvalue weighted by Crippen LogP contribution is -2.18. The molecule has 84 valence electrons. The van der Waals surface area contributed by atoms with Gasteiger partial charge in [-0.05, 0) is 18.1 Å². The third-order valence-electron chi connectivity index (χ3n) is 1.95. The van der Waals surface area contributed by atoms with Crippen LogP contribution in [-0.4, -0.2) is 4.75 Å². The van der Waals surface area contributed by atoms with Crippen LogP contribution in [0.1, 0.15) is 25.0 Å². The summed E-state index contributed by atoms with van der Waals surface area (Å²) in [6.07, 6.45) is -3.98. The zero-order valence-electron chi connectivity index (χ0n) is 8.60. The summed E-state index contributed by atoms with van der Waals surface area (Å²) in [5, 5.41) is 0. The maximum Gasteiger partial charge on any atom is 0.416 e. The van der Waals surface area contributed by atoms with Crippen LogP contribution in [0.5, 0.6) is 0 Å². The Hall–Kier alpha value is -0.640. The van der Waals surface area contributed by atoms with Gasteiger partial charge in [0.05, 0.1) is 5.56 Å². The van der Waals surface area contributed by atoms with Gasteiger partial charge in [-0.1, -0.05) is 32.0 Å². The average molecular weight is 234 g/mol. The number of thiol groups is 1. The topological polar surface area (TPSA) is 0 Å². The second kappa shape index (κ2) is 4.08. The molecule has 1 rings (SSSR count). The smallest absolute Gasteiger partial charge is 0.173 e. The Bertz CT molecular complexity index is 336. The van der Waals surface area contributed by atoms with Gasteiger partial charge in [-0.15, -0.1) is 0 Å². The van der Waals surface area contributed by atoms with Gasteiger partial charge in [0.25, 0.3) is 0 Å². The molecule has 0 saturated carbocycles. The standard InChI is InChI=1S/C11H13F3S/c1-10(2,15)7-8-5-3-4-6-9(8)11(12,13)14/h3-6,15H,7H2,1-2H3. The van der Waals surface area contributed by atoms with E-state index in [1.807, 2.05) is 0 Å². The molecule has 0 aliphatic rings. The minimum Gasteiger partial charge on any atom is -0.173 e. The highest BCUT2D eigenvalue weighted by molar-refractivity contribution is 7.81. The van der Waals surface area contributed by atoms with E-state index in [0.717, 1.165) is 6.07 Å². The lowest BCUT2D eigenvalue weighted by molar-refractivity contribution is -0.138. The summed E-state index contributed by atoms with van der Waals surface area (Å²) in [4.78, 5) is 0. The van der Waals surface area contributed by atoms with Crippen molar-refractivity contribution in [2.75, 3.05) is 0 Å². The Balaban J connectivity index is 3.08. The summed E-state index contributed by atoms with van der Waals surface area (Å²) in [6, 6.07) is 5.62. The quantitative estimate of drug-likeness (QED) is 0.736. The SMILES string of the molecule is CC(C)(S)Cc1ccccc1C(F)(F)F. The minimum absolute atomic E-state index is 0.296. The van der Waals surface area contributed by atoms with Gasteiger partial charge < -0.3 is 0 Å². The van der Waals surface area contributed by atoms with Gasteiger partial charge in [0.1, 0.15) is 0 Å². The van der Waals surface area contributed by atoms with E-state index < -0.39 is 16.5 Å². The van der Waals surface area contributed by atoms with E-state index in [2.05, 4.69) is 12.6 Å². The normalized spacial score (nSPS) is 12.9. The van der Waals surface area contributed by atoms with Gasteiger partial charge in [0, 0.05) is 4.75 Å². The van der Waals surface area contributed by atoms with E-state index >= 15 is 0 Å². The monoisotopic (exact) mass is 234 g/mol. The first-order valence-electron chi connectivity index (χ1n) is 4.58. The average Bonchev–Trinajstić information content (AvgIpc) is 1.99. The lowest BCUT2D eigenvalue weighted by Gasteiger charge is -2.20. The van der Waals surface area contributed by atoms with Crippen molar-refractivity contribution < 1.29 is 13.2 Å². The maximum absolute atomic E-state index is 12.6. The fraction of sp³-hybridized carbons (Fsp3) is 0.455. The Labute approximate surface area is 92.9 Å². The highest BCUT2D eigenvalue weighted by Crippen LogP contribution is 2.34. The second-order valence-electron chi connectivity index (χ2n) is 4.14. The van der Waals surface area contributed by atoms with Crippen LogP contribution < -0.4 is 0 Å². The molecule has 0 amide bonds. The first-order chi connectivity index (χ1) is 6.70. The predicted octanol–water partition coefficient (Wildman–Crippen LogP) is 3.96. The molecule has 0 aliphatic heterocycles. The van der Waals surface area contributed by atoms with Crippen LogP contribution >= 0.6 is 12.6 Å². The molecule has 4 heteroatoms. The van der Waals surface area contributed by atoms with Gasteiger partial charge in [-0.3, -0.25) is 0 Å². The van der Waals surface area contributed by atoms with E-state index in [0.29, 0.717) is 12.0 Å². The molecular weight excluding hydrogens is 221 g/mol. The Morgan fingerprint density at radius 3 is 2.13 bits per heavy atom. The molecule has 0 aliphatic carbocycles. The zero-order chi connectivity index (χ0) is 11.7. The molecule has 0 fully saturated rings. The molecule has 0 saturated heterocycles. The van der Waals surface area contributed by atoms with Gasteiger partial charge >= 0.3 is 6.18 Å². The molecule has 1 aromatic carbocycles. The van der Waals surface area contributed by atoms with Crippen LogP contribution in [0.4, 0.5) is 13.2 Å². The molecule has 0 atom stereocenters. The number of alkyl halides is 3. The molecule has 0 aromatic heterocycles. The zero-order valence-corrected chi connectivity index (χ0v) is 9.49. The summed E-state index contributed by atoms with van der Waals surface area (Å²) in [6.45, 7) is 3.59. The molecular formula is C11H13F3S. The predicted molar refractivity (Wildman–Crippen MR) is 58.2 cm³/mol. The van der Waals surface area contributed by atoms with E-state index in [4.69, 9.17) is 0 Å². The van der Waals surface area contributed by atoms with Crippen molar-refractivity contribution in [1.29, 1.82) is 0 Å². The highest BCUT2D eigenvalue weighted by atomic mass is 32.1. The van der Waals surface area contributed by atoms with E-state index in [1.54, 1.807) is 19.9 Å². The third-order valence-corrected chi connectivity index (χ3v) is 2.10. The van der Waals surface area contributed by atoms with Crippen LogP contribution in [0.25, 0.3) is 0 Å². The number of hydrogen-bond donors (Lipinski definition) is 1. The van der Waals surface area contributed by atoms with Crippen LogP contribution in [0.15, 0.2) is 24.3 Å². The minimum atomic E-state index is -4.28. The van der Waals surface area contributed by atoms with Crippen LogP contribution in [-0.2, 0) is 12.6 Å². The first-order valence-corrected chi connectivity index (χ1v) is 5.02. The number of hydrogen-bond acceptors (Lipinski definition) is 1.